The number of thiazole rings is 1. The average molecular weight is 286 g/mol. The molecule has 5 nitrogen and oxygen atoms in total. The normalized spacial score (nSPS) is 12.5. The van der Waals surface area contributed by atoms with E-state index in [4.69, 9.17) is 0 Å². The molecule has 0 saturated heterocycles. The van der Waals surface area contributed by atoms with Crippen molar-refractivity contribution in [2.24, 2.45) is 0 Å². The summed E-state index contributed by atoms with van der Waals surface area (Å²) in [5.74, 6) is 0.659. The van der Waals surface area contributed by atoms with Gasteiger partial charge in [-0.3, -0.25) is 4.79 Å². The number of nitrogens with one attached hydrogen (secondary N) is 1. The molecule has 1 atom stereocenters. The summed E-state index contributed by atoms with van der Waals surface area (Å²) in [5, 5.41) is 0. The Kier molecular flexibility index (Phi) is 3.23. The van der Waals surface area contributed by atoms with Crippen molar-refractivity contribution >= 4 is 11.3 Å². The fraction of sp³-hybridized carbons (Fsp3) is 0.214. The van der Waals surface area contributed by atoms with Crippen molar-refractivity contribution in [3.63, 3.8) is 0 Å². The van der Waals surface area contributed by atoms with Crippen LogP contribution >= 0.6 is 11.3 Å². The van der Waals surface area contributed by atoms with Crippen LogP contribution in [-0.2, 0) is 0 Å². The molecule has 0 aliphatic carbocycles. The molecule has 3 heterocycles. The Morgan fingerprint density at radius 2 is 2.25 bits per heavy atom. The molecule has 1 N–H and O–H groups in total. The highest BCUT2D eigenvalue weighted by Crippen LogP contribution is 2.26. The number of hydrogen-bond donors (Lipinski definition) is 1. The van der Waals surface area contributed by atoms with E-state index in [0.29, 0.717) is 11.4 Å². The van der Waals surface area contributed by atoms with Gasteiger partial charge in [-0.2, -0.15) is 0 Å². The Labute approximate surface area is 120 Å². The van der Waals surface area contributed by atoms with Crippen LogP contribution in [0.5, 0.6) is 0 Å². The van der Waals surface area contributed by atoms with Gasteiger partial charge in [0.15, 0.2) is 0 Å². The highest BCUT2D eigenvalue weighted by molar-refractivity contribution is 7.09. The van der Waals surface area contributed by atoms with E-state index in [2.05, 4.69) is 28.8 Å². The third kappa shape index (κ3) is 2.08. The number of aryl methyl sites for hydroxylation is 1. The first kappa shape index (κ1) is 12.8. The van der Waals surface area contributed by atoms with E-state index in [1.807, 2.05) is 16.3 Å². The van der Waals surface area contributed by atoms with Crippen molar-refractivity contribution in [1.29, 1.82) is 0 Å². The number of hydrogen-bond acceptors (Lipinski definition) is 4. The summed E-state index contributed by atoms with van der Waals surface area (Å²) in [4.78, 5) is 24.5. The molecule has 0 saturated carbocycles. The number of rotatable bonds is 3. The predicted molar refractivity (Wildman–Crippen MR) is 78.9 cm³/mol. The smallest absolute Gasteiger partial charge is 0.258 e. The first-order valence-corrected chi connectivity index (χ1v) is 7.17. The predicted octanol–water partition coefficient (Wildman–Crippen LogP) is 2.61. The maximum atomic E-state index is 11.9. The third-order valence-corrected chi connectivity index (χ3v) is 4.10. The molecule has 20 heavy (non-hydrogen) atoms. The second-order valence-corrected chi connectivity index (χ2v) is 5.60. The number of aromatic nitrogens is 4. The zero-order valence-electron chi connectivity index (χ0n) is 11.2. The van der Waals surface area contributed by atoms with Crippen LogP contribution in [0, 0.1) is 6.92 Å². The van der Waals surface area contributed by atoms with E-state index < -0.39 is 0 Å². The molecule has 3 aromatic rings. The lowest BCUT2D eigenvalue weighted by molar-refractivity contribution is 0.627. The summed E-state index contributed by atoms with van der Waals surface area (Å²) >= 11 is 1.62. The minimum Gasteiger partial charge on any atom is -0.328 e. The van der Waals surface area contributed by atoms with Crippen LogP contribution in [0.25, 0.3) is 11.4 Å². The summed E-state index contributed by atoms with van der Waals surface area (Å²) in [6.45, 7) is 4.11. The molecule has 0 spiro atoms. The largest absolute Gasteiger partial charge is 0.328 e. The van der Waals surface area contributed by atoms with Gasteiger partial charge in [0, 0.05) is 23.5 Å². The lowest BCUT2D eigenvalue weighted by Gasteiger charge is -2.15. The van der Waals surface area contributed by atoms with Crippen molar-refractivity contribution in [3.8, 4) is 11.4 Å². The Bertz CT molecular complexity index is 786. The first-order chi connectivity index (χ1) is 9.68. The van der Waals surface area contributed by atoms with E-state index in [-0.39, 0.29) is 11.6 Å². The second-order valence-electron chi connectivity index (χ2n) is 4.54. The maximum Gasteiger partial charge on any atom is 0.258 e. The van der Waals surface area contributed by atoms with Crippen LogP contribution in [0.15, 0.2) is 41.0 Å². The van der Waals surface area contributed by atoms with Crippen LogP contribution in [0.4, 0.5) is 0 Å². The molecule has 102 valence electrons. The first-order valence-electron chi connectivity index (χ1n) is 6.29. The molecule has 0 bridgehead atoms. The SMILES string of the molecule is Cc1scnc1C(C)n1ccnc1-c1ccc[nH]c1=O. The van der Waals surface area contributed by atoms with Crippen LogP contribution < -0.4 is 5.56 Å². The van der Waals surface area contributed by atoms with Crippen molar-refractivity contribution < 1.29 is 0 Å². The monoisotopic (exact) mass is 286 g/mol. The van der Waals surface area contributed by atoms with E-state index in [1.165, 1.54) is 4.88 Å². The van der Waals surface area contributed by atoms with Gasteiger partial charge in [0.25, 0.3) is 5.56 Å². The van der Waals surface area contributed by atoms with Gasteiger partial charge in [0.05, 0.1) is 22.8 Å². The van der Waals surface area contributed by atoms with Gasteiger partial charge in [-0.05, 0) is 26.0 Å². The van der Waals surface area contributed by atoms with E-state index in [9.17, 15) is 4.79 Å². The lowest BCUT2D eigenvalue weighted by atomic mass is 10.2. The molecule has 0 fully saturated rings. The van der Waals surface area contributed by atoms with Crippen LogP contribution in [0.3, 0.4) is 0 Å². The minimum atomic E-state index is -0.137. The average Bonchev–Trinajstić information content (AvgIpc) is 3.07. The number of aromatic amines is 1. The highest BCUT2D eigenvalue weighted by atomic mass is 32.1. The van der Waals surface area contributed by atoms with E-state index in [0.717, 1.165) is 5.69 Å². The van der Waals surface area contributed by atoms with Crippen molar-refractivity contribution in [2.45, 2.75) is 19.9 Å². The third-order valence-electron chi connectivity index (χ3n) is 3.32. The van der Waals surface area contributed by atoms with Gasteiger partial charge in [0.1, 0.15) is 5.82 Å². The Morgan fingerprint density at radius 1 is 1.40 bits per heavy atom. The van der Waals surface area contributed by atoms with Crippen molar-refractivity contribution in [3.05, 3.63) is 57.2 Å². The number of imidazole rings is 1. The molecule has 0 radical (unpaired) electrons. The van der Waals surface area contributed by atoms with Gasteiger partial charge in [-0.25, -0.2) is 9.97 Å². The zero-order valence-corrected chi connectivity index (χ0v) is 12.0. The van der Waals surface area contributed by atoms with Crippen LogP contribution in [0.1, 0.15) is 23.5 Å². The molecule has 3 rings (SSSR count). The lowest BCUT2D eigenvalue weighted by Crippen LogP contribution is -2.14. The fourth-order valence-corrected chi connectivity index (χ4v) is 2.95. The van der Waals surface area contributed by atoms with Crippen molar-refractivity contribution in [1.82, 2.24) is 19.5 Å². The summed E-state index contributed by atoms with van der Waals surface area (Å²) in [6.07, 6.45) is 5.21. The summed E-state index contributed by atoms with van der Waals surface area (Å²) in [7, 11) is 0. The van der Waals surface area contributed by atoms with Gasteiger partial charge in [0.2, 0.25) is 0 Å². The quantitative estimate of drug-likeness (QED) is 0.805. The van der Waals surface area contributed by atoms with Crippen molar-refractivity contribution in [2.75, 3.05) is 0 Å². The topological polar surface area (TPSA) is 63.6 Å². The van der Waals surface area contributed by atoms with Gasteiger partial charge in [-0.15, -0.1) is 11.3 Å². The van der Waals surface area contributed by atoms with E-state index >= 15 is 0 Å². The molecular weight excluding hydrogens is 272 g/mol. The standard InChI is InChI=1S/C14H14N4OS/c1-9(12-10(2)20-8-17-12)18-7-6-15-13(18)11-4-3-5-16-14(11)19/h3-9H,1-2H3,(H,16,19). The molecule has 0 aromatic carbocycles. The van der Waals surface area contributed by atoms with Gasteiger partial charge >= 0.3 is 0 Å². The summed E-state index contributed by atoms with van der Waals surface area (Å²) in [5.41, 5.74) is 3.29. The zero-order chi connectivity index (χ0) is 14.1. The Morgan fingerprint density at radius 3 is 2.95 bits per heavy atom. The number of pyridine rings is 1. The summed E-state index contributed by atoms with van der Waals surface area (Å²) < 4.78 is 1.98. The van der Waals surface area contributed by atoms with Crippen LogP contribution in [-0.4, -0.2) is 19.5 Å². The molecule has 1 unspecified atom stereocenters. The maximum absolute atomic E-state index is 11.9. The molecule has 6 heteroatoms. The van der Waals surface area contributed by atoms with Crippen LogP contribution in [0.2, 0.25) is 0 Å². The fourth-order valence-electron chi connectivity index (χ4n) is 2.28. The molecular formula is C14H14N4OS. The van der Waals surface area contributed by atoms with Gasteiger partial charge in [-0.1, -0.05) is 0 Å². The molecule has 0 aliphatic rings. The minimum absolute atomic E-state index is 0.0401. The highest BCUT2D eigenvalue weighted by Gasteiger charge is 2.18. The summed E-state index contributed by atoms with van der Waals surface area (Å²) in [6, 6.07) is 3.62. The number of nitrogens with zero attached hydrogens (tertiary/aromatic N) is 3. The molecule has 3 aromatic heterocycles. The number of H-pyrrole nitrogens is 1. The Hall–Kier alpha value is -2.21. The van der Waals surface area contributed by atoms with E-state index in [1.54, 1.807) is 35.9 Å². The Balaban J connectivity index is 2.10. The van der Waals surface area contributed by atoms with Gasteiger partial charge < -0.3 is 9.55 Å². The molecule has 0 amide bonds. The second kappa shape index (κ2) is 5.05. The molecule has 0 aliphatic heterocycles.